The lowest BCUT2D eigenvalue weighted by atomic mass is 9.88. The molecule has 1 aliphatic carbocycles. The van der Waals surface area contributed by atoms with Crippen LogP contribution >= 0.6 is 0 Å². The number of carbonyl (C=O) groups excluding carboxylic acids is 1. The summed E-state index contributed by atoms with van der Waals surface area (Å²) in [5, 5.41) is 13.1. The molecule has 3 heteroatoms. The van der Waals surface area contributed by atoms with Crippen molar-refractivity contribution in [3.8, 4) is 0 Å². The minimum Gasteiger partial charge on any atom is -0.390 e. The van der Waals surface area contributed by atoms with E-state index in [-0.39, 0.29) is 11.9 Å². The minimum atomic E-state index is -0.515. The van der Waals surface area contributed by atoms with Crippen LogP contribution in [-0.4, -0.2) is 17.1 Å². The van der Waals surface area contributed by atoms with Gasteiger partial charge < -0.3 is 10.4 Å². The van der Waals surface area contributed by atoms with Crippen molar-refractivity contribution in [2.45, 2.75) is 45.8 Å². The molecule has 2 rings (SSSR count). The number of benzene rings is 1. The van der Waals surface area contributed by atoms with Crippen LogP contribution in [0.15, 0.2) is 24.3 Å². The van der Waals surface area contributed by atoms with Gasteiger partial charge in [0, 0.05) is 11.8 Å². The van der Waals surface area contributed by atoms with Gasteiger partial charge in [-0.05, 0) is 17.5 Å². The van der Waals surface area contributed by atoms with Gasteiger partial charge in [0.25, 0.3) is 0 Å². The highest BCUT2D eigenvalue weighted by atomic mass is 16.3. The first-order valence-corrected chi connectivity index (χ1v) is 6.52. The first-order valence-electron chi connectivity index (χ1n) is 6.52. The van der Waals surface area contributed by atoms with Crippen LogP contribution in [0.4, 0.5) is 0 Å². The normalized spacial score (nSPS) is 22.7. The van der Waals surface area contributed by atoms with E-state index in [1.165, 1.54) is 0 Å². The van der Waals surface area contributed by atoms with Crippen molar-refractivity contribution in [3.05, 3.63) is 35.4 Å². The maximum atomic E-state index is 12.2. The molecule has 0 aliphatic heterocycles. The van der Waals surface area contributed by atoms with E-state index >= 15 is 0 Å². The molecule has 0 saturated carbocycles. The lowest BCUT2D eigenvalue weighted by molar-refractivity contribution is -0.131. The number of nitrogens with one attached hydrogen (secondary N) is 1. The van der Waals surface area contributed by atoms with Crippen molar-refractivity contribution in [2.24, 2.45) is 5.41 Å². The van der Waals surface area contributed by atoms with Crippen LogP contribution < -0.4 is 5.32 Å². The van der Waals surface area contributed by atoms with Crippen molar-refractivity contribution in [1.29, 1.82) is 0 Å². The predicted molar refractivity (Wildman–Crippen MR) is 71.1 cm³/mol. The first kappa shape index (κ1) is 13.1. The zero-order valence-electron chi connectivity index (χ0n) is 11.2. The van der Waals surface area contributed by atoms with E-state index in [4.69, 9.17) is 0 Å². The van der Waals surface area contributed by atoms with Crippen molar-refractivity contribution in [1.82, 2.24) is 5.32 Å². The molecule has 1 aliphatic rings. The Morgan fingerprint density at radius 3 is 2.78 bits per heavy atom. The standard InChI is InChI=1S/C15H21NO2/c1-4-15(2,3)14(18)16-13-11-8-6-5-7-10(11)9-12(13)17/h5-8,12-13,17H,4,9H2,1-3H3,(H,16,18)/t12-,13+/m1/s1. The Morgan fingerprint density at radius 1 is 1.44 bits per heavy atom. The number of aliphatic hydroxyl groups excluding tert-OH is 1. The zero-order chi connectivity index (χ0) is 13.3. The maximum Gasteiger partial charge on any atom is 0.226 e. The van der Waals surface area contributed by atoms with E-state index in [9.17, 15) is 9.90 Å². The fourth-order valence-corrected chi connectivity index (χ4v) is 2.25. The Hall–Kier alpha value is -1.35. The van der Waals surface area contributed by atoms with Gasteiger partial charge in [-0.15, -0.1) is 0 Å². The van der Waals surface area contributed by atoms with Crippen LogP contribution in [0.25, 0.3) is 0 Å². The van der Waals surface area contributed by atoms with Gasteiger partial charge in [0.2, 0.25) is 5.91 Å². The molecule has 0 fully saturated rings. The second kappa shape index (κ2) is 4.73. The summed E-state index contributed by atoms with van der Waals surface area (Å²) in [6, 6.07) is 7.64. The molecule has 0 aromatic heterocycles. The van der Waals surface area contributed by atoms with Crippen molar-refractivity contribution >= 4 is 5.91 Å². The molecule has 2 N–H and O–H groups in total. The summed E-state index contributed by atoms with van der Waals surface area (Å²) < 4.78 is 0. The molecule has 0 heterocycles. The number of amides is 1. The lowest BCUT2D eigenvalue weighted by Crippen LogP contribution is -2.41. The van der Waals surface area contributed by atoms with E-state index in [0.717, 1.165) is 17.5 Å². The fourth-order valence-electron chi connectivity index (χ4n) is 2.25. The summed E-state index contributed by atoms with van der Waals surface area (Å²) in [5.74, 6) is 0.00533. The van der Waals surface area contributed by atoms with Gasteiger partial charge in [-0.2, -0.15) is 0 Å². The summed E-state index contributed by atoms with van der Waals surface area (Å²) >= 11 is 0. The molecule has 1 aromatic rings. The van der Waals surface area contributed by atoms with E-state index in [1.807, 2.05) is 45.0 Å². The summed E-state index contributed by atoms with van der Waals surface area (Å²) in [6.45, 7) is 5.85. The Bertz CT molecular complexity index is 454. The third-order valence-electron chi connectivity index (χ3n) is 3.99. The molecule has 0 spiro atoms. The molecule has 3 nitrogen and oxygen atoms in total. The maximum absolute atomic E-state index is 12.2. The minimum absolute atomic E-state index is 0.00533. The Kier molecular flexibility index (Phi) is 3.44. The van der Waals surface area contributed by atoms with Crippen LogP contribution in [0.1, 0.15) is 44.4 Å². The molecule has 98 valence electrons. The number of hydrogen-bond donors (Lipinski definition) is 2. The summed E-state index contributed by atoms with van der Waals surface area (Å²) in [7, 11) is 0. The highest BCUT2D eigenvalue weighted by molar-refractivity contribution is 5.82. The van der Waals surface area contributed by atoms with Gasteiger partial charge in [-0.3, -0.25) is 4.79 Å². The summed E-state index contributed by atoms with van der Waals surface area (Å²) in [6.07, 6.45) is 0.885. The molecule has 0 radical (unpaired) electrons. The Morgan fingerprint density at radius 2 is 2.11 bits per heavy atom. The van der Waals surface area contributed by atoms with Crippen LogP contribution in [0, 0.1) is 5.41 Å². The number of carbonyl (C=O) groups is 1. The Balaban J connectivity index is 2.18. The highest BCUT2D eigenvalue weighted by Crippen LogP contribution is 2.32. The van der Waals surface area contributed by atoms with Crippen molar-refractivity contribution in [2.75, 3.05) is 0 Å². The molecule has 2 atom stereocenters. The second-order valence-corrected chi connectivity index (χ2v) is 5.66. The average molecular weight is 247 g/mol. The molecular formula is C15H21NO2. The van der Waals surface area contributed by atoms with Crippen molar-refractivity contribution < 1.29 is 9.90 Å². The fraction of sp³-hybridized carbons (Fsp3) is 0.533. The quantitative estimate of drug-likeness (QED) is 0.860. The molecule has 0 unspecified atom stereocenters. The smallest absolute Gasteiger partial charge is 0.226 e. The second-order valence-electron chi connectivity index (χ2n) is 5.66. The van der Waals surface area contributed by atoms with E-state index in [0.29, 0.717) is 6.42 Å². The summed E-state index contributed by atoms with van der Waals surface area (Å²) in [5.41, 5.74) is 1.78. The number of fused-ring (bicyclic) bond motifs is 1. The molecular weight excluding hydrogens is 226 g/mol. The monoisotopic (exact) mass is 247 g/mol. The largest absolute Gasteiger partial charge is 0.390 e. The molecule has 1 amide bonds. The molecule has 0 bridgehead atoms. The molecule has 18 heavy (non-hydrogen) atoms. The number of rotatable bonds is 3. The van der Waals surface area contributed by atoms with Crippen LogP contribution in [0.3, 0.4) is 0 Å². The molecule has 1 aromatic carbocycles. The van der Waals surface area contributed by atoms with E-state index in [1.54, 1.807) is 0 Å². The summed E-state index contributed by atoms with van der Waals surface area (Å²) in [4.78, 5) is 12.2. The highest BCUT2D eigenvalue weighted by Gasteiger charge is 2.35. The van der Waals surface area contributed by atoms with Crippen LogP contribution in [0.5, 0.6) is 0 Å². The van der Waals surface area contributed by atoms with Gasteiger partial charge in [0.15, 0.2) is 0 Å². The van der Waals surface area contributed by atoms with Crippen molar-refractivity contribution in [3.63, 3.8) is 0 Å². The zero-order valence-corrected chi connectivity index (χ0v) is 11.2. The lowest BCUT2D eigenvalue weighted by Gasteiger charge is -2.26. The van der Waals surface area contributed by atoms with E-state index < -0.39 is 11.5 Å². The van der Waals surface area contributed by atoms with Gasteiger partial charge in [0.05, 0.1) is 12.1 Å². The predicted octanol–water partition coefficient (Wildman–Crippen LogP) is 2.20. The Labute approximate surface area is 108 Å². The van der Waals surface area contributed by atoms with Crippen LogP contribution in [0.2, 0.25) is 0 Å². The topological polar surface area (TPSA) is 49.3 Å². The van der Waals surface area contributed by atoms with Crippen LogP contribution in [-0.2, 0) is 11.2 Å². The third-order valence-corrected chi connectivity index (χ3v) is 3.99. The van der Waals surface area contributed by atoms with Gasteiger partial charge >= 0.3 is 0 Å². The van der Waals surface area contributed by atoms with Gasteiger partial charge in [-0.1, -0.05) is 45.0 Å². The third kappa shape index (κ3) is 2.27. The average Bonchev–Trinajstić information content (AvgIpc) is 2.66. The van der Waals surface area contributed by atoms with Gasteiger partial charge in [0.1, 0.15) is 0 Å². The SMILES string of the molecule is CCC(C)(C)C(=O)N[C@H]1c2ccccc2C[C@H]1O. The number of aliphatic hydroxyl groups is 1. The first-order chi connectivity index (χ1) is 8.45. The van der Waals surface area contributed by atoms with Gasteiger partial charge in [-0.25, -0.2) is 0 Å². The van der Waals surface area contributed by atoms with E-state index in [2.05, 4.69) is 5.32 Å². The number of hydrogen-bond acceptors (Lipinski definition) is 2. The molecule has 0 saturated heterocycles.